The lowest BCUT2D eigenvalue weighted by atomic mass is 9.98. The molecule has 3 rings (SSSR count). The summed E-state index contributed by atoms with van der Waals surface area (Å²) < 4.78 is 20.0. The minimum absolute atomic E-state index is 0.00129. The molecule has 2 atom stereocenters. The molecule has 2 aromatic rings. The lowest BCUT2D eigenvalue weighted by Crippen LogP contribution is -2.42. The number of nitrogens with one attached hydrogen (secondary N) is 2. The van der Waals surface area contributed by atoms with E-state index in [9.17, 15) is 9.18 Å². The van der Waals surface area contributed by atoms with E-state index in [0.717, 1.165) is 25.0 Å². The summed E-state index contributed by atoms with van der Waals surface area (Å²) in [6.45, 7) is 8.69. The first-order chi connectivity index (χ1) is 14.8. The summed E-state index contributed by atoms with van der Waals surface area (Å²) in [6, 6.07) is 4.33. The normalized spacial score (nSPS) is 16.1. The Bertz CT molecular complexity index is 891. The quantitative estimate of drug-likeness (QED) is 0.500. The highest BCUT2D eigenvalue weighted by Crippen LogP contribution is 2.26. The zero-order chi connectivity index (χ0) is 22.5. The smallest absolute Gasteiger partial charge is 0.252 e. The molecule has 1 saturated heterocycles. The number of carbonyl (C=O) groups excluding carboxylic acids is 1. The third-order valence-electron chi connectivity index (χ3n) is 5.18. The number of hydrogen-bond donors (Lipinski definition) is 4. The van der Waals surface area contributed by atoms with Crippen molar-refractivity contribution >= 4 is 29.0 Å². The van der Waals surface area contributed by atoms with Gasteiger partial charge < -0.3 is 31.7 Å². The lowest BCUT2D eigenvalue weighted by Gasteiger charge is -2.28. The molecule has 0 spiro atoms. The van der Waals surface area contributed by atoms with Gasteiger partial charge in [0.15, 0.2) is 11.6 Å². The van der Waals surface area contributed by atoms with Crippen molar-refractivity contribution in [3.8, 4) is 0 Å². The van der Waals surface area contributed by atoms with Gasteiger partial charge in [0.1, 0.15) is 11.6 Å². The number of rotatable bonds is 8. The van der Waals surface area contributed by atoms with Crippen LogP contribution in [0.4, 0.5) is 27.5 Å². The number of hydrogen-bond acceptors (Lipinski definition) is 8. The number of nitrogens with zero attached hydrogens (tertiary/aromatic N) is 3. The zero-order valence-electron chi connectivity index (χ0n) is 18.1. The number of halogens is 1. The number of anilines is 4. The molecule has 1 aliphatic heterocycles. The number of pyridine rings is 2. The Morgan fingerprint density at radius 3 is 2.48 bits per heavy atom. The number of aromatic nitrogens is 2. The molecule has 3 heterocycles. The van der Waals surface area contributed by atoms with Gasteiger partial charge in [0.25, 0.3) is 5.91 Å². The fourth-order valence-electron chi connectivity index (χ4n) is 3.51. The van der Waals surface area contributed by atoms with Crippen LogP contribution in [0.5, 0.6) is 0 Å². The predicted octanol–water partition coefficient (Wildman–Crippen LogP) is 2.08. The first kappa shape index (κ1) is 22.7. The fourth-order valence-corrected chi connectivity index (χ4v) is 3.51. The molecule has 9 nitrogen and oxygen atoms in total. The van der Waals surface area contributed by atoms with Gasteiger partial charge in [-0.2, -0.15) is 0 Å². The maximum Gasteiger partial charge on any atom is 0.252 e. The van der Waals surface area contributed by atoms with Crippen LogP contribution in [0.25, 0.3) is 0 Å². The van der Waals surface area contributed by atoms with Crippen molar-refractivity contribution in [1.29, 1.82) is 0 Å². The fraction of sp³-hybridized carbons (Fsp3) is 0.476. The van der Waals surface area contributed by atoms with Crippen molar-refractivity contribution in [2.75, 3.05) is 41.8 Å². The average molecular weight is 432 g/mol. The molecule has 2 aromatic heterocycles. The molecule has 6 N–H and O–H groups in total. The first-order valence-electron chi connectivity index (χ1n) is 10.3. The standard InChI is InChI=1S/C21H30FN7O2/c1-12(2)18(13(3)23)27-21-16(22)10-15(19(24)30)20(28-21)26-14-4-5-17(25-11-14)29-6-8-31-9-7-29/h4-5,10-13,18H,6-9,23H2,1-3H3,(H2,24,30)(H2,26,27,28)/t13-,18+/m0/s1. The Hall–Kier alpha value is -2.98. The van der Waals surface area contributed by atoms with Crippen LogP contribution in [-0.2, 0) is 4.74 Å². The Morgan fingerprint density at radius 1 is 1.23 bits per heavy atom. The lowest BCUT2D eigenvalue weighted by molar-refractivity contribution is 0.100. The van der Waals surface area contributed by atoms with E-state index in [1.165, 1.54) is 0 Å². The molecule has 1 fully saturated rings. The van der Waals surface area contributed by atoms with Crippen LogP contribution in [0.2, 0.25) is 0 Å². The van der Waals surface area contributed by atoms with Gasteiger partial charge in [0.2, 0.25) is 0 Å². The number of ether oxygens (including phenoxy) is 1. The topological polar surface area (TPSA) is 131 Å². The molecular weight excluding hydrogens is 401 g/mol. The maximum absolute atomic E-state index is 14.6. The summed E-state index contributed by atoms with van der Waals surface area (Å²) in [4.78, 5) is 22.8. The first-order valence-corrected chi connectivity index (χ1v) is 10.3. The van der Waals surface area contributed by atoms with E-state index >= 15 is 0 Å². The molecule has 0 saturated carbocycles. The van der Waals surface area contributed by atoms with Gasteiger partial charge in [-0.15, -0.1) is 0 Å². The van der Waals surface area contributed by atoms with Crippen molar-refractivity contribution < 1.29 is 13.9 Å². The molecule has 0 radical (unpaired) electrons. The number of morpholine rings is 1. The molecule has 0 aromatic carbocycles. The van der Waals surface area contributed by atoms with Crippen molar-refractivity contribution in [3.63, 3.8) is 0 Å². The van der Waals surface area contributed by atoms with E-state index < -0.39 is 11.7 Å². The highest BCUT2D eigenvalue weighted by molar-refractivity contribution is 5.98. The summed E-state index contributed by atoms with van der Waals surface area (Å²) in [5.74, 6) is -0.344. The molecule has 168 valence electrons. The average Bonchev–Trinajstić information content (AvgIpc) is 2.74. The van der Waals surface area contributed by atoms with Crippen LogP contribution >= 0.6 is 0 Å². The van der Waals surface area contributed by atoms with Gasteiger partial charge in [0.05, 0.1) is 30.7 Å². The van der Waals surface area contributed by atoms with Gasteiger partial charge in [-0.05, 0) is 31.0 Å². The molecule has 1 aliphatic rings. The Morgan fingerprint density at radius 2 is 1.94 bits per heavy atom. The third kappa shape index (κ3) is 5.59. The van der Waals surface area contributed by atoms with E-state index in [0.29, 0.717) is 18.9 Å². The Kier molecular flexibility index (Phi) is 7.24. The van der Waals surface area contributed by atoms with E-state index in [1.54, 1.807) is 6.20 Å². The monoisotopic (exact) mass is 431 g/mol. The van der Waals surface area contributed by atoms with E-state index in [4.69, 9.17) is 16.2 Å². The van der Waals surface area contributed by atoms with Gasteiger partial charge in [0, 0.05) is 25.2 Å². The highest BCUT2D eigenvalue weighted by atomic mass is 19.1. The number of nitrogens with two attached hydrogens (primary N) is 2. The van der Waals surface area contributed by atoms with Gasteiger partial charge >= 0.3 is 0 Å². The summed E-state index contributed by atoms with van der Waals surface area (Å²) in [5, 5.41) is 6.08. The van der Waals surface area contributed by atoms with Crippen molar-refractivity contribution in [2.45, 2.75) is 32.9 Å². The molecule has 1 amide bonds. The van der Waals surface area contributed by atoms with E-state index in [1.807, 2.05) is 32.9 Å². The van der Waals surface area contributed by atoms with Gasteiger partial charge in [-0.25, -0.2) is 14.4 Å². The molecule has 0 aliphatic carbocycles. The summed E-state index contributed by atoms with van der Waals surface area (Å²) in [5.41, 5.74) is 12.0. The van der Waals surface area contributed by atoms with E-state index in [-0.39, 0.29) is 35.2 Å². The SMILES string of the molecule is CC(C)[C@@H](Nc1nc(Nc2ccc(N3CCOCC3)nc2)c(C(N)=O)cc1F)[C@H](C)N. The van der Waals surface area contributed by atoms with Crippen molar-refractivity contribution in [2.24, 2.45) is 17.4 Å². The van der Waals surface area contributed by atoms with Crippen molar-refractivity contribution in [3.05, 3.63) is 35.8 Å². The Balaban J connectivity index is 1.85. The van der Waals surface area contributed by atoms with Crippen LogP contribution < -0.4 is 27.0 Å². The number of carbonyl (C=O) groups is 1. The second-order valence-corrected chi connectivity index (χ2v) is 7.98. The summed E-state index contributed by atoms with van der Waals surface area (Å²) >= 11 is 0. The van der Waals surface area contributed by atoms with Crippen molar-refractivity contribution in [1.82, 2.24) is 9.97 Å². The molecule has 10 heteroatoms. The van der Waals surface area contributed by atoms with Crippen LogP contribution in [0.1, 0.15) is 31.1 Å². The molecule has 0 bridgehead atoms. The van der Waals surface area contributed by atoms with Crippen LogP contribution in [0.3, 0.4) is 0 Å². The maximum atomic E-state index is 14.6. The van der Waals surface area contributed by atoms with E-state index in [2.05, 4.69) is 25.5 Å². The molecule has 0 unspecified atom stereocenters. The molecular formula is C21H30FN7O2. The summed E-state index contributed by atoms with van der Waals surface area (Å²) in [7, 11) is 0. The van der Waals surface area contributed by atoms with Gasteiger partial charge in [-0.3, -0.25) is 4.79 Å². The second kappa shape index (κ2) is 9.88. The van der Waals surface area contributed by atoms with Crippen LogP contribution in [-0.4, -0.2) is 54.3 Å². The predicted molar refractivity (Wildman–Crippen MR) is 119 cm³/mol. The summed E-state index contributed by atoms with van der Waals surface area (Å²) in [6.07, 6.45) is 1.63. The van der Waals surface area contributed by atoms with Crippen LogP contribution in [0.15, 0.2) is 24.4 Å². The molecule has 31 heavy (non-hydrogen) atoms. The van der Waals surface area contributed by atoms with Crippen LogP contribution in [0, 0.1) is 11.7 Å². The number of amides is 1. The highest BCUT2D eigenvalue weighted by Gasteiger charge is 2.22. The number of primary amides is 1. The zero-order valence-corrected chi connectivity index (χ0v) is 18.1. The largest absolute Gasteiger partial charge is 0.378 e. The van der Waals surface area contributed by atoms with Gasteiger partial charge in [-0.1, -0.05) is 13.8 Å². The third-order valence-corrected chi connectivity index (χ3v) is 5.18. The Labute approximate surface area is 181 Å². The minimum Gasteiger partial charge on any atom is -0.378 e. The second-order valence-electron chi connectivity index (χ2n) is 7.98. The minimum atomic E-state index is -0.786.